The van der Waals surface area contributed by atoms with Crippen LogP contribution in [0.5, 0.6) is 5.75 Å². The van der Waals surface area contributed by atoms with E-state index in [0.29, 0.717) is 5.92 Å². The molecule has 1 aromatic rings. The van der Waals surface area contributed by atoms with Gasteiger partial charge < -0.3 is 9.64 Å². The van der Waals surface area contributed by atoms with Crippen LogP contribution in [-0.2, 0) is 6.42 Å². The van der Waals surface area contributed by atoms with Crippen molar-refractivity contribution in [2.75, 3.05) is 20.6 Å². The molecular formula is C15H20FNO. The van der Waals surface area contributed by atoms with Crippen LogP contribution in [0.3, 0.4) is 0 Å². The van der Waals surface area contributed by atoms with Gasteiger partial charge in [-0.1, -0.05) is 0 Å². The second-order valence-electron chi connectivity index (χ2n) is 5.95. The molecule has 2 atom stereocenters. The third-order valence-electron chi connectivity index (χ3n) is 4.31. The molecule has 0 saturated heterocycles. The molecule has 2 aliphatic rings. The molecule has 0 radical (unpaired) electrons. The smallest absolute Gasteiger partial charge is 0.123 e. The first-order chi connectivity index (χ1) is 8.59. The average molecular weight is 249 g/mol. The molecular weight excluding hydrogens is 229 g/mol. The van der Waals surface area contributed by atoms with E-state index in [1.807, 2.05) is 0 Å². The summed E-state index contributed by atoms with van der Waals surface area (Å²) in [7, 11) is 4.21. The van der Waals surface area contributed by atoms with Gasteiger partial charge in [0.2, 0.25) is 0 Å². The number of halogens is 1. The maximum atomic E-state index is 13.3. The zero-order valence-corrected chi connectivity index (χ0v) is 11.1. The predicted octanol–water partition coefficient (Wildman–Crippen LogP) is 2.86. The first-order valence-electron chi connectivity index (χ1n) is 6.71. The Bertz CT molecular complexity index is 460. The van der Waals surface area contributed by atoms with Crippen molar-refractivity contribution >= 4 is 0 Å². The lowest BCUT2D eigenvalue weighted by molar-refractivity contribution is 0.0408. The molecule has 1 heterocycles. The summed E-state index contributed by atoms with van der Waals surface area (Å²) in [5.41, 5.74) is 0.973. The van der Waals surface area contributed by atoms with Crippen molar-refractivity contribution in [2.24, 2.45) is 5.92 Å². The quantitative estimate of drug-likeness (QED) is 0.799. The number of hydrogen-bond donors (Lipinski definition) is 0. The summed E-state index contributed by atoms with van der Waals surface area (Å²) in [5.74, 6) is 1.29. The fraction of sp³-hybridized carbons (Fsp3) is 0.600. The normalized spacial score (nSPS) is 29.9. The largest absolute Gasteiger partial charge is 0.486 e. The molecule has 1 aliphatic carbocycles. The highest BCUT2D eigenvalue weighted by Crippen LogP contribution is 2.48. The van der Waals surface area contributed by atoms with Gasteiger partial charge in [0.1, 0.15) is 17.2 Å². The molecule has 18 heavy (non-hydrogen) atoms. The summed E-state index contributed by atoms with van der Waals surface area (Å²) in [6.07, 6.45) is 4.41. The second-order valence-corrected chi connectivity index (χ2v) is 5.95. The van der Waals surface area contributed by atoms with Crippen LogP contribution in [0.1, 0.15) is 24.8 Å². The van der Waals surface area contributed by atoms with Crippen molar-refractivity contribution in [3.63, 3.8) is 0 Å². The van der Waals surface area contributed by atoms with Gasteiger partial charge in [0.25, 0.3) is 0 Å². The molecule has 1 aromatic carbocycles. The van der Waals surface area contributed by atoms with E-state index in [9.17, 15) is 4.39 Å². The van der Waals surface area contributed by atoms with Crippen LogP contribution in [0, 0.1) is 11.7 Å². The predicted molar refractivity (Wildman–Crippen MR) is 69.4 cm³/mol. The molecule has 0 bridgehead atoms. The van der Waals surface area contributed by atoms with Crippen LogP contribution in [0.15, 0.2) is 18.2 Å². The van der Waals surface area contributed by atoms with Crippen molar-refractivity contribution in [3.8, 4) is 5.75 Å². The van der Waals surface area contributed by atoms with Crippen molar-refractivity contribution in [3.05, 3.63) is 29.6 Å². The van der Waals surface area contributed by atoms with Crippen LogP contribution in [0.25, 0.3) is 0 Å². The molecule has 0 amide bonds. The number of fused-ring (bicyclic) bond motifs is 1. The van der Waals surface area contributed by atoms with Gasteiger partial charge in [-0.25, -0.2) is 4.39 Å². The van der Waals surface area contributed by atoms with Crippen LogP contribution in [0.2, 0.25) is 0 Å². The third-order valence-corrected chi connectivity index (χ3v) is 4.31. The minimum Gasteiger partial charge on any atom is -0.486 e. The van der Waals surface area contributed by atoms with Crippen molar-refractivity contribution < 1.29 is 9.13 Å². The summed E-state index contributed by atoms with van der Waals surface area (Å²) < 4.78 is 19.5. The highest BCUT2D eigenvalue weighted by molar-refractivity contribution is 5.40. The molecule has 0 unspecified atom stereocenters. The van der Waals surface area contributed by atoms with E-state index in [-0.39, 0.29) is 11.4 Å². The Morgan fingerprint density at radius 1 is 1.44 bits per heavy atom. The first kappa shape index (κ1) is 12.0. The van der Waals surface area contributed by atoms with Gasteiger partial charge in [-0.05, 0) is 51.6 Å². The van der Waals surface area contributed by atoms with Crippen LogP contribution < -0.4 is 4.74 Å². The van der Waals surface area contributed by atoms with Gasteiger partial charge in [0.15, 0.2) is 0 Å². The molecule has 3 rings (SSSR count). The summed E-state index contributed by atoms with van der Waals surface area (Å²) in [4.78, 5) is 2.23. The lowest BCUT2D eigenvalue weighted by atomic mass is 9.86. The number of nitrogens with zero attached hydrogens (tertiary/aromatic N) is 1. The highest BCUT2D eigenvalue weighted by atomic mass is 19.1. The number of rotatable bonds is 2. The molecule has 2 nitrogen and oxygen atoms in total. The number of benzene rings is 1. The summed E-state index contributed by atoms with van der Waals surface area (Å²) in [5, 5.41) is 0. The second kappa shape index (κ2) is 4.23. The van der Waals surface area contributed by atoms with E-state index in [1.54, 1.807) is 12.1 Å². The van der Waals surface area contributed by atoms with Gasteiger partial charge >= 0.3 is 0 Å². The molecule has 98 valence electrons. The van der Waals surface area contributed by atoms with Gasteiger partial charge in [0.05, 0.1) is 0 Å². The SMILES string of the molecule is CN(C)C[C@@H]1CCC[C@]12Cc1cc(F)ccc1O2. The Balaban J connectivity index is 1.86. The maximum Gasteiger partial charge on any atom is 0.123 e. The Morgan fingerprint density at radius 3 is 3.06 bits per heavy atom. The molecule has 0 N–H and O–H groups in total. The van der Waals surface area contributed by atoms with Crippen LogP contribution in [0.4, 0.5) is 4.39 Å². The summed E-state index contributed by atoms with van der Waals surface area (Å²) in [6.45, 7) is 1.05. The fourth-order valence-corrected chi connectivity index (χ4v) is 3.54. The minimum atomic E-state index is -0.156. The zero-order chi connectivity index (χ0) is 12.8. The lowest BCUT2D eigenvalue weighted by Crippen LogP contribution is -2.42. The Labute approximate surface area is 108 Å². The van der Waals surface area contributed by atoms with Gasteiger partial charge in [-0.15, -0.1) is 0 Å². The Kier molecular flexibility index (Phi) is 2.81. The van der Waals surface area contributed by atoms with E-state index in [4.69, 9.17) is 4.74 Å². The monoisotopic (exact) mass is 249 g/mol. The first-order valence-corrected chi connectivity index (χ1v) is 6.71. The summed E-state index contributed by atoms with van der Waals surface area (Å²) in [6, 6.07) is 4.91. The third kappa shape index (κ3) is 1.91. The van der Waals surface area contributed by atoms with E-state index in [0.717, 1.165) is 30.7 Å². The molecule has 1 aliphatic heterocycles. The Morgan fingerprint density at radius 2 is 2.28 bits per heavy atom. The van der Waals surface area contributed by atoms with Gasteiger partial charge in [-0.3, -0.25) is 0 Å². The highest BCUT2D eigenvalue weighted by Gasteiger charge is 2.49. The zero-order valence-electron chi connectivity index (χ0n) is 11.1. The van der Waals surface area contributed by atoms with E-state index in [2.05, 4.69) is 19.0 Å². The average Bonchev–Trinajstić information content (AvgIpc) is 2.83. The van der Waals surface area contributed by atoms with E-state index >= 15 is 0 Å². The standard InChI is InChI=1S/C15H20FNO/c1-17(2)10-12-4-3-7-15(12)9-11-8-13(16)5-6-14(11)18-15/h5-6,8,12H,3-4,7,9-10H2,1-2H3/t12-,15-/m0/s1. The molecule has 0 aromatic heterocycles. The van der Waals surface area contributed by atoms with Crippen LogP contribution in [-0.4, -0.2) is 31.1 Å². The molecule has 3 heteroatoms. The maximum absolute atomic E-state index is 13.3. The summed E-state index contributed by atoms with van der Waals surface area (Å²) >= 11 is 0. The van der Waals surface area contributed by atoms with Gasteiger partial charge in [-0.2, -0.15) is 0 Å². The van der Waals surface area contributed by atoms with E-state index in [1.165, 1.54) is 18.9 Å². The van der Waals surface area contributed by atoms with Crippen LogP contribution >= 0.6 is 0 Å². The minimum absolute atomic E-state index is 0.0691. The fourth-order valence-electron chi connectivity index (χ4n) is 3.54. The molecule has 1 saturated carbocycles. The number of ether oxygens (including phenoxy) is 1. The van der Waals surface area contributed by atoms with Gasteiger partial charge in [0, 0.05) is 24.4 Å². The molecule has 1 spiro atoms. The van der Waals surface area contributed by atoms with E-state index < -0.39 is 0 Å². The Hall–Kier alpha value is -1.09. The van der Waals surface area contributed by atoms with Crippen molar-refractivity contribution in [1.29, 1.82) is 0 Å². The van der Waals surface area contributed by atoms with Crippen molar-refractivity contribution in [1.82, 2.24) is 4.90 Å². The molecule has 1 fully saturated rings. The lowest BCUT2D eigenvalue weighted by Gasteiger charge is -2.32. The van der Waals surface area contributed by atoms with Crippen molar-refractivity contribution in [2.45, 2.75) is 31.3 Å². The number of hydrogen-bond acceptors (Lipinski definition) is 2. The topological polar surface area (TPSA) is 12.5 Å².